The highest BCUT2D eigenvalue weighted by atomic mass is 31.2. The quantitative estimate of drug-likeness (QED) is 0.114. The van der Waals surface area contributed by atoms with E-state index in [1.54, 1.807) is 0 Å². The molecule has 3 amide bonds. The summed E-state index contributed by atoms with van der Waals surface area (Å²) in [7, 11) is -6.61. The Hall–Kier alpha value is -3.14. The summed E-state index contributed by atoms with van der Waals surface area (Å²) in [5.74, 6) is -1.20. The average Bonchev–Trinajstić information content (AvgIpc) is 3.06. The van der Waals surface area contributed by atoms with Gasteiger partial charge >= 0.3 is 26.8 Å². The van der Waals surface area contributed by atoms with Crippen LogP contribution in [0.2, 0.25) is 0 Å². The molecular formula is C29H44BN6O10P2+. The zero-order valence-electron chi connectivity index (χ0n) is 27.0. The molecule has 0 saturated carbocycles. The number of aromatic nitrogens is 2. The van der Waals surface area contributed by atoms with Crippen molar-refractivity contribution in [3.8, 4) is 0 Å². The Morgan fingerprint density at radius 3 is 2.33 bits per heavy atom. The van der Waals surface area contributed by atoms with E-state index in [-0.39, 0.29) is 30.5 Å². The molecule has 2 unspecified atom stereocenters. The maximum Gasteiger partial charge on any atom is 0.540 e. The first-order valence-corrected chi connectivity index (χ1v) is 18.3. The van der Waals surface area contributed by atoms with E-state index < -0.39 is 53.0 Å². The van der Waals surface area contributed by atoms with E-state index in [1.165, 1.54) is 18.6 Å². The van der Waals surface area contributed by atoms with E-state index in [0.29, 0.717) is 52.1 Å². The smallest absolute Gasteiger partial charge is 0.448 e. The molecule has 0 bridgehead atoms. The Labute approximate surface area is 282 Å². The van der Waals surface area contributed by atoms with Crippen molar-refractivity contribution in [1.82, 2.24) is 30.8 Å². The predicted molar refractivity (Wildman–Crippen MR) is 178 cm³/mol. The second-order valence-electron chi connectivity index (χ2n) is 11.5. The first-order chi connectivity index (χ1) is 23.0. The second-order valence-corrected chi connectivity index (χ2v) is 14.2. The molecule has 2 heterocycles. The van der Waals surface area contributed by atoms with Gasteiger partial charge in [-0.05, 0) is 35.3 Å². The van der Waals surface area contributed by atoms with Crippen molar-refractivity contribution in [2.45, 2.75) is 57.0 Å². The van der Waals surface area contributed by atoms with Crippen molar-refractivity contribution in [3.05, 3.63) is 60.2 Å². The number of amides is 3. The maximum absolute atomic E-state index is 13.8. The lowest BCUT2D eigenvalue weighted by Gasteiger charge is -2.30. The van der Waals surface area contributed by atoms with Gasteiger partial charge in [0.2, 0.25) is 14.3 Å². The molecular weight excluding hydrogens is 665 g/mol. The van der Waals surface area contributed by atoms with Crippen molar-refractivity contribution in [1.29, 1.82) is 0 Å². The van der Waals surface area contributed by atoms with Crippen LogP contribution in [0.1, 0.15) is 49.2 Å². The lowest BCUT2D eigenvalue weighted by molar-refractivity contribution is -0.123. The van der Waals surface area contributed by atoms with Gasteiger partial charge < -0.3 is 34.5 Å². The van der Waals surface area contributed by atoms with Gasteiger partial charge in [0.05, 0.1) is 12.1 Å². The van der Waals surface area contributed by atoms with Gasteiger partial charge in [0.1, 0.15) is 18.3 Å². The monoisotopic (exact) mass is 709 g/mol. The van der Waals surface area contributed by atoms with E-state index in [0.717, 1.165) is 5.56 Å². The van der Waals surface area contributed by atoms with E-state index in [1.807, 2.05) is 49.5 Å². The summed E-state index contributed by atoms with van der Waals surface area (Å²) in [5, 5.41) is 7.89. The van der Waals surface area contributed by atoms with E-state index in [2.05, 4.69) is 25.5 Å². The van der Waals surface area contributed by atoms with Crippen LogP contribution in [0.4, 0.5) is 4.79 Å². The molecule has 1 aromatic carbocycles. The number of hydrogen-bond acceptors (Lipinski definition) is 12. The molecule has 6 N–H and O–H groups in total. The highest BCUT2D eigenvalue weighted by Crippen LogP contribution is 2.42. The molecule has 1 saturated heterocycles. The summed E-state index contributed by atoms with van der Waals surface area (Å²) in [6.07, 6.45) is 5.24. The Balaban J connectivity index is 1.58. The zero-order valence-corrected chi connectivity index (χ0v) is 28.8. The van der Waals surface area contributed by atoms with Gasteiger partial charge in [-0.2, -0.15) is 4.89 Å². The molecule has 19 heteroatoms. The van der Waals surface area contributed by atoms with Gasteiger partial charge in [-0.3, -0.25) is 24.8 Å². The number of carbonyl (C=O) groups is 3. The largest absolute Gasteiger partial charge is 0.540 e. The van der Waals surface area contributed by atoms with Crippen molar-refractivity contribution in [2.24, 2.45) is 5.92 Å². The van der Waals surface area contributed by atoms with Crippen LogP contribution in [0.25, 0.3) is 0 Å². The third kappa shape index (κ3) is 14.2. The second kappa shape index (κ2) is 21.1. The van der Waals surface area contributed by atoms with Crippen LogP contribution in [-0.2, 0) is 29.8 Å². The Morgan fingerprint density at radius 2 is 1.75 bits per heavy atom. The van der Waals surface area contributed by atoms with Gasteiger partial charge in [0.25, 0.3) is 5.91 Å². The third-order valence-electron chi connectivity index (χ3n) is 7.20. The SMILES string of the molecule is CC(C)C[C@@H](NC(=O)[C@@H](Cc1ccccc1)NC(=O)c1cnccn1)B1OCCCN(CCOC(=O)NC(P(O)O)[P+](=O)O)CCCO1. The van der Waals surface area contributed by atoms with Crippen molar-refractivity contribution < 1.29 is 47.7 Å². The highest BCUT2D eigenvalue weighted by molar-refractivity contribution is 7.61. The number of nitrogens with zero attached hydrogens (tertiary/aromatic N) is 3. The van der Waals surface area contributed by atoms with Gasteiger partial charge in [0.15, 0.2) is 0 Å². The van der Waals surface area contributed by atoms with E-state index in [9.17, 15) is 28.7 Å². The van der Waals surface area contributed by atoms with Gasteiger partial charge in [0, 0.05) is 51.7 Å². The van der Waals surface area contributed by atoms with Crippen LogP contribution >= 0.6 is 16.4 Å². The third-order valence-corrected chi connectivity index (χ3v) is 9.53. The van der Waals surface area contributed by atoms with Crippen LogP contribution in [0.5, 0.6) is 0 Å². The number of nitrogens with one attached hydrogen (secondary N) is 3. The highest BCUT2D eigenvalue weighted by Gasteiger charge is 2.39. The molecule has 2 aromatic rings. The summed E-state index contributed by atoms with van der Waals surface area (Å²) in [6.45, 7) is 6.31. The zero-order chi connectivity index (χ0) is 34.9. The average molecular weight is 709 g/mol. The molecule has 1 aromatic heterocycles. The van der Waals surface area contributed by atoms with Gasteiger partial charge in [-0.15, -0.1) is 0 Å². The first-order valence-electron chi connectivity index (χ1n) is 15.7. The molecule has 0 spiro atoms. The summed E-state index contributed by atoms with van der Waals surface area (Å²) in [4.78, 5) is 76.2. The van der Waals surface area contributed by atoms with Crippen LogP contribution < -0.4 is 16.0 Å². The number of ether oxygens (including phenoxy) is 1. The normalized spacial score (nSPS) is 16.8. The summed E-state index contributed by atoms with van der Waals surface area (Å²) < 4.78 is 28.5. The van der Waals surface area contributed by atoms with Crippen LogP contribution in [0.3, 0.4) is 0 Å². The fourth-order valence-corrected chi connectivity index (χ4v) is 6.09. The minimum Gasteiger partial charge on any atom is -0.448 e. The van der Waals surface area contributed by atoms with Crippen molar-refractivity contribution in [3.63, 3.8) is 0 Å². The minimum absolute atomic E-state index is 0.0279. The van der Waals surface area contributed by atoms with Crippen LogP contribution in [0, 0.1) is 5.92 Å². The molecule has 0 aliphatic carbocycles. The fraction of sp³-hybridized carbons (Fsp3) is 0.552. The van der Waals surface area contributed by atoms with Crippen LogP contribution in [-0.4, -0.2) is 112 Å². The van der Waals surface area contributed by atoms with E-state index in [4.69, 9.17) is 18.9 Å². The maximum atomic E-state index is 13.8. The molecule has 1 aliphatic heterocycles. The Bertz CT molecular complexity index is 1290. The fourth-order valence-electron chi connectivity index (χ4n) is 4.94. The molecule has 4 atom stereocenters. The molecule has 262 valence electrons. The molecule has 0 radical (unpaired) electrons. The first kappa shape index (κ1) is 39.3. The number of benzene rings is 1. The molecule has 48 heavy (non-hydrogen) atoms. The summed E-state index contributed by atoms with van der Waals surface area (Å²) >= 11 is 0. The summed E-state index contributed by atoms with van der Waals surface area (Å²) in [6, 6.07) is 8.48. The molecule has 16 nitrogen and oxygen atoms in total. The molecule has 1 aliphatic rings. The summed E-state index contributed by atoms with van der Waals surface area (Å²) in [5.41, 5.74) is -0.725. The Morgan fingerprint density at radius 1 is 1.06 bits per heavy atom. The van der Waals surface area contributed by atoms with Crippen LogP contribution in [0.15, 0.2) is 48.9 Å². The predicted octanol–water partition coefficient (Wildman–Crippen LogP) is 1.55. The number of hydrogen-bond donors (Lipinski definition) is 6. The van der Waals surface area contributed by atoms with E-state index >= 15 is 0 Å². The topological polar surface area (TPSA) is 222 Å². The molecule has 3 rings (SSSR count). The van der Waals surface area contributed by atoms with Gasteiger partial charge in [-0.25, -0.2) is 9.78 Å². The lowest BCUT2D eigenvalue weighted by Crippen LogP contribution is -2.56. The van der Waals surface area contributed by atoms with Crippen molar-refractivity contribution >= 4 is 41.4 Å². The number of carbonyl (C=O) groups excluding carboxylic acids is 3. The number of rotatable bonds is 15. The molecule has 1 fully saturated rings. The minimum atomic E-state index is -3.04. The standard InChI is InChI=1S/C29H43BN6O10P2/c1-21(2)18-25(34-26(37)23(19-22-8-4-3-5-9-22)33-27(38)24-20-31-10-11-32-24)30-45-15-6-12-36(13-7-16-46-30)14-17-44-28(39)35-29(47(40)41)48(42)43/h3-5,8-11,20-21,23,25,29,40-41H,6-7,12-19H2,1-2H3,(H3-,33,34,35,37,38,39,42,43)/p+1/t23-,25-,29?/m1/s1. The lowest BCUT2D eigenvalue weighted by atomic mass is 9.73. The van der Waals surface area contributed by atoms with Gasteiger partial charge in [-0.1, -0.05) is 44.2 Å². The Kier molecular flexibility index (Phi) is 17.2. The number of alkyl carbamates (subject to hydrolysis) is 1. The van der Waals surface area contributed by atoms with Crippen molar-refractivity contribution in [2.75, 3.05) is 39.5 Å².